The zero-order valence-corrected chi connectivity index (χ0v) is 14.4. The number of aromatic nitrogens is 2. The molecule has 3 rings (SSSR count). The van der Waals surface area contributed by atoms with E-state index >= 15 is 0 Å². The van der Waals surface area contributed by atoms with Crippen molar-refractivity contribution in [2.45, 2.75) is 25.6 Å². The number of amides is 1. The van der Waals surface area contributed by atoms with Crippen LogP contribution in [0.1, 0.15) is 23.3 Å². The molecule has 0 atom stereocenters. The first-order valence-electron chi connectivity index (χ1n) is 8.01. The minimum Gasteiger partial charge on any atom is -0.471 e. The molecule has 1 aliphatic heterocycles. The monoisotopic (exact) mass is 348 g/mol. The molecule has 0 aliphatic carbocycles. The summed E-state index contributed by atoms with van der Waals surface area (Å²) in [5.41, 5.74) is 0.411. The third-order valence-corrected chi connectivity index (χ3v) is 4.36. The van der Waals surface area contributed by atoms with Gasteiger partial charge < -0.3 is 15.0 Å². The van der Waals surface area contributed by atoms with Gasteiger partial charge in [-0.1, -0.05) is 11.6 Å². The maximum Gasteiger partial charge on any atom is 0.271 e. The molecule has 7 heteroatoms. The summed E-state index contributed by atoms with van der Waals surface area (Å²) in [6.07, 6.45) is 3.69. The summed E-state index contributed by atoms with van der Waals surface area (Å²) < 4.78 is 7.20. The molecule has 1 N–H and O–H groups in total. The van der Waals surface area contributed by atoms with Crippen LogP contribution in [0.25, 0.3) is 0 Å². The molecule has 0 saturated carbocycles. The fourth-order valence-corrected chi connectivity index (χ4v) is 2.76. The summed E-state index contributed by atoms with van der Waals surface area (Å²) in [5, 5.41) is 7.98. The second-order valence-electron chi connectivity index (χ2n) is 6.02. The highest BCUT2D eigenvalue weighted by atomic mass is 35.5. The summed E-state index contributed by atoms with van der Waals surface area (Å²) in [4.78, 5) is 14.5. The molecule has 0 spiro atoms. The largest absolute Gasteiger partial charge is 0.471 e. The van der Waals surface area contributed by atoms with Crippen molar-refractivity contribution >= 4 is 17.5 Å². The van der Waals surface area contributed by atoms with Gasteiger partial charge in [-0.2, -0.15) is 5.10 Å². The number of carbonyl (C=O) groups excluding carboxylic acids is 1. The number of benzene rings is 1. The van der Waals surface area contributed by atoms with E-state index in [1.54, 1.807) is 41.2 Å². The van der Waals surface area contributed by atoms with Crippen molar-refractivity contribution in [3.05, 3.63) is 47.2 Å². The second kappa shape index (κ2) is 7.68. The molecule has 128 valence electrons. The molecule has 0 unspecified atom stereocenters. The van der Waals surface area contributed by atoms with E-state index in [4.69, 9.17) is 16.3 Å². The molecule has 1 aromatic heterocycles. The smallest absolute Gasteiger partial charge is 0.271 e. The van der Waals surface area contributed by atoms with E-state index in [2.05, 4.69) is 22.4 Å². The number of piperidine rings is 1. The standard InChI is InChI=1S/C17H21ClN4O2/c1-21-9-6-14(7-10-21)19-17(23)16-8-11-22(20-16)12-24-15-4-2-13(18)3-5-15/h2-5,8,11,14H,6-7,9-10,12H2,1H3,(H,19,23). The summed E-state index contributed by atoms with van der Waals surface area (Å²) in [6.45, 7) is 2.26. The van der Waals surface area contributed by atoms with Crippen molar-refractivity contribution in [1.82, 2.24) is 20.0 Å². The summed E-state index contributed by atoms with van der Waals surface area (Å²) in [6, 6.07) is 9.04. The van der Waals surface area contributed by atoms with Crippen LogP contribution < -0.4 is 10.1 Å². The average molecular weight is 349 g/mol. The highest BCUT2D eigenvalue weighted by Crippen LogP contribution is 2.16. The van der Waals surface area contributed by atoms with Crippen LogP contribution in [0.2, 0.25) is 5.02 Å². The lowest BCUT2D eigenvalue weighted by Gasteiger charge is -2.29. The fourth-order valence-electron chi connectivity index (χ4n) is 2.64. The van der Waals surface area contributed by atoms with E-state index in [1.807, 2.05) is 0 Å². The van der Waals surface area contributed by atoms with Crippen LogP contribution in [0, 0.1) is 0 Å². The molecule has 0 bridgehead atoms. The van der Waals surface area contributed by atoms with Crippen molar-refractivity contribution in [3.8, 4) is 5.75 Å². The summed E-state index contributed by atoms with van der Waals surface area (Å²) in [7, 11) is 2.10. The SMILES string of the molecule is CN1CCC(NC(=O)c2ccn(COc3ccc(Cl)cc3)n2)CC1. The van der Waals surface area contributed by atoms with Crippen LogP contribution >= 0.6 is 11.6 Å². The third-order valence-electron chi connectivity index (χ3n) is 4.10. The van der Waals surface area contributed by atoms with Gasteiger partial charge in [0.05, 0.1) is 0 Å². The van der Waals surface area contributed by atoms with Gasteiger partial charge in [-0.3, -0.25) is 4.79 Å². The van der Waals surface area contributed by atoms with Gasteiger partial charge in [-0.05, 0) is 63.3 Å². The number of halogens is 1. The lowest BCUT2D eigenvalue weighted by molar-refractivity contribution is 0.0909. The van der Waals surface area contributed by atoms with Crippen LogP contribution in [0.4, 0.5) is 0 Å². The van der Waals surface area contributed by atoms with E-state index in [1.165, 1.54) is 0 Å². The summed E-state index contributed by atoms with van der Waals surface area (Å²) >= 11 is 5.83. The van der Waals surface area contributed by atoms with E-state index in [-0.39, 0.29) is 18.7 Å². The highest BCUT2D eigenvalue weighted by molar-refractivity contribution is 6.30. The van der Waals surface area contributed by atoms with Crippen molar-refractivity contribution in [3.63, 3.8) is 0 Å². The van der Waals surface area contributed by atoms with Gasteiger partial charge in [0.15, 0.2) is 6.73 Å². The number of hydrogen-bond acceptors (Lipinski definition) is 4. The molecule has 1 amide bonds. The maximum absolute atomic E-state index is 12.3. The molecule has 1 fully saturated rings. The first-order valence-corrected chi connectivity index (χ1v) is 8.39. The second-order valence-corrected chi connectivity index (χ2v) is 6.46. The normalized spacial score (nSPS) is 16.1. The molecule has 6 nitrogen and oxygen atoms in total. The van der Waals surface area contributed by atoms with E-state index in [9.17, 15) is 4.79 Å². The molecule has 2 heterocycles. The van der Waals surface area contributed by atoms with E-state index in [0.717, 1.165) is 25.9 Å². The van der Waals surface area contributed by atoms with Crippen LogP contribution in [0.15, 0.2) is 36.5 Å². The molecular formula is C17H21ClN4O2. The molecule has 2 aromatic rings. The predicted octanol–water partition coefficient (Wildman–Crippen LogP) is 2.40. The van der Waals surface area contributed by atoms with Gasteiger partial charge in [0.1, 0.15) is 11.4 Å². The fraction of sp³-hybridized carbons (Fsp3) is 0.412. The van der Waals surface area contributed by atoms with Crippen LogP contribution in [0.5, 0.6) is 5.75 Å². The van der Waals surface area contributed by atoms with Gasteiger partial charge in [0, 0.05) is 17.3 Å². The van der Waals surface area contributed by atoms with E-state index in [0.29, 0.717) is 16.5 Å². The Labute approximate surface area is 146 Å². The Bertz CT molecular complexity index is 678. The van der Waals surface area contributed by atoms with Crippen LogP contribution in [0.3, 0.4) is 0 Å². The molecular weight excluding hydrogens is 328 g/mol. The highest BCUT2D eigenvalue weighted by Gasteiger charge is 2.20. The number of carbonyl (C=O) groups is 1. The zero-order valence-electron chi connectivity index (χ0n) is 13.6. The molecule has 1 aromatic carbocycles. The van der Waals surface area contributed by atoms with Crippen molar-refractivity contribution in [2.75, 3.05) is 20.1 Å². The van der Waals surface area contributed by atoms with Gasteiger partial charge in [0.25, 0.3) is 5.91 Å². The zero-order chi connectivity index (χ0) is 16.9. The Kier molecular flexibility index (Phi) is 5.37. The molecule has 24 heavy (non-hydrogen) atoms. The number of nitrogens with one attached hydrogen (secondary N) is 1. The Hall–Kier alpha value is -2.05. The van der Waals surface area contributed by atoms with Crippen LogP contribution in [-0.2, 0) is 6.73 Å². The Morgan fingerprint density at radius 3 is 2.71 bits per heavy atom. The number of hydrogen-bond donors (Lipinski definition) is 1. The summed E-state index contributed by atoms with van der Waals surface area (Å²) in [5.74, 6) is 0.571. The maximum atomic E-state index is 12.3. The number of rotatable bonds is 5. The average Bonchev–Trinajstić information content (AvgIpc) is 3.06. The van der Waals surface area contributed by atoms with Gasteiger partial charge in [0.2, 0.25) is 0 Å². The van der Waals surface area contributed by atoms with Crippen molar-refractivity contribution in [2.24, 2.45) is 0 Å². The predicted molar refractivity (Wildman–Crippen MR) is 92.3 cm³/mol. The topological polar surface area (TPSA) is 59.4 Å². The third kappa shape index (κ3) is 4.49. The van der Waals surface area contributed by atoms with E-state index < -0.39 is 0 Å². The Morgan fingerprint density at radius 1 is 1.29 bits per heavy atom. The lowest BCUT2D eigenvalue weighted by Crippen LogP contribution is -2.43. The molecule has 1 aliphatic rings. The van der Waals surface area contributed by atoms with Crippen molar-refractivity contribution in [1.29, 1.82) is 0 Å². The molecule has 0 radical (unpaired) electrons. The quantitative estimate of drug-likeness (QED) is 0.901. The first-order chi connectivity index (χ1) is 11.6. The van der Waals surface area contributed by atoms with Gasteiger partial charge >= 0.3 is 0 Å². The van der Waals surface area contributed by atoms with Crippen molar-refractivity contribution < 1.29 is 9.53 Å². The number of ether oxygens (including phenoxy) is 1. The first kappa shape index (κ1) is 16.8. The number of likely N-dealkylation sites (tertiary alicyclic amines) is 1. The number of nitrogens with zero attached hydrogens (tertiary/aromatic N) is 3. The van der Waals surface area contributed by atoms with Gasteiger partial charge in [-0.25, -0.2) is 4.68 Å². The Balaban J connectivity index is 1.51. The van der Waals surface area contributed by atoms with Gasteiger partial charge in [-0.15, -0.1) is 0 Å². The molecule has 1 saturated heterocycles. The van der Waals surface area contributed by atoms with Crippen LogP contribution in [-0.4, -0.2) is 46.8 Å². The minimum absolute atomic E-state index is 0.130. The minimum atomic E-state index is -0.130. The lowest BCUT2D eigenvalue weighted by atomic mass is 10.1. The Morgan fingerprint density at radius 2 is 2.00 bits per heavy atom.